The Labute approximate surface area is 120 Å². The van der Waals surface area contributed by atoms with Crippen LogP contribution in [0.2, 0.25) is 0 Å². The molecule has 3 heteroatoms. The molecule has 0 radical (unpaired) electrons. The van der Waals surface area contributed by atoms with E-state index < -0.39 is 0 Å². The topological polar surface area (TPSA) is 31.1 Å². The van der Waals surface area contributed by atoms with E-state index in [1.165, 1.54) is 42.4 Å². The van der Waals surface area contributed by atoms with Gasteiger partial charge in [-0.2, -0.15) is 0 Å². The van der Waals surface area contributed by atoms with Gasteiger partial charge in [0.05, 0.1) is 0 Å². The van der Waals surface area contributed by atoms with Crippen molar-refractivity contribution in [1.29, 1.82) is 0 Å². The molecule has 4 rings (SSSR count). The van der Waals surface area contributed by atoms with Crippen molar-refractivity contribution >= 4 is 10.9 Å². The number of piperidine rings is 1. The van der Waals surface area contributed by atoms with E-state index in [4.69, 9.17) is 0 Å². The van der Waals surface area contributed by atoms with Crippen LogP contribution in [-0.4, -0.2) is 35.1 Å². The molecule has 1 saturated heterocycles. The molecule has 2 aliphatic rings. The third kappa shape index (κ3) is 1.88. The minimum Gasteiger partial charge on any atom is -0.357 e. The van der Waals surface area contributed by atoms with Crippen molar-refractivity contribution in [2.45, 2.75) is 38.3 Å². The fourth-order valence-electron chi connectivity index (χ4n) is 3.94. The summed E-state index contributed by atoms with van der Waals surface area (Å²) in [6, 6.07) is 8.73. The number of aromatic nitrogens is 1. The van der Waals surface area contributed by atoms with Crippen molar-refractivity contribution in [2.75, 3.05) is 19.6 Å². The molecule has 1 aromatic heterocycles. The summed E-state index contributed by atoms with van der Waals surface area (Å²) in [6.45, 7) is 7.05. The summed E-state index contributed by atoms with van der Waals surface area (Å²) in [7, 11) is 0. The maximum absolute atomic E-state index is 3.65. The van der Waals surface area contributed by atoms with Crippen molar-refractivity contribution in [3.63, 3.8) is 0 Å². The van der Waals surface area contributed by atoms with E-state index in [1.807, 2.05) is 0 Å². The number of nitrogens with zero attached hydrogens (tertiary/aromatic N) is 1. The molecule has 0 unspecified atom stereocenters. The lowest BCUT2D eigenvalue weighted by atomic mass is 9.86. The molecule has 3 nitrogen and oxygen atoms in total. The van der Waals surface area contributed by atoms with Gasteiger partial charge in [0, 0.05) is 35.2 Å². The minimum atomic E-state index is 0.375. The van der Waals surface area contributed by atoms with Crippen LogP contribution >= 0.6 is 0 Å². The Morgan fingerprint density at radius 3 is 2.80 bits per heavy atom. The maximum Gasteiger partial charge on any atom is 0.0459 e. The number of nitrogens with one attached hydrogen (secondary N) is 2. The highest BCUT2D eigenvalue weighted by atomic mass is 15.2. The lowest BCUT2D eigenvalue weighted by Crippen LogP contribution is -2.53. The first-order chi connectivity index (χ1) is 9.76. The summed E-state index contributed by atoms with van der Waals surface area (Å²) in [6.07, 6.45) is 3.72. The van der Waals surface area contributed by atoms with Gasteiger partial charge in [-0.15, -0.1) is 0 Å². The summed E-state index contributed by atoms with van der Waals surface area (Å²) >= 11 is 0. The van der Waals surface area contributed by atoms with Crippen molar-refractivity contribution in [1.82, 2.24) is 15.2 Å². The van der Waals surface area contributed by atoms with Crippen molar-refractivity contribution in [3.05, 3.63) is 35.5 Å². The Morgan fingerprint density at radius 2 is 1.95 bits per heavy atom. The first-order valence-corrected chi connectivity index (χ1v) is 7.80. The Morgan fingerprint density at radius 1 is 1.15 bits per heavy atom. The molecule has 1 fully saturated rings. The van der Waals surface area contributed by atoms with E-state index in [-0.39, 0.29) is 0 Å². The number of hydrogen-bond donors (Lipinski definition) is 2. The van der Waals surface area contributed by atoms with E-state index in [0.29, 0.717) is 5.54 Å². The van der Waals surface area contributed by atoms with E-state index in [1.54, 1.807) is 5.56 Å². The van der Waals surface area contributed by atoms with Crippen LogP contribution in [-0.2, 0) is 13.0 Å². The second-order valence-corrected chi connectivity index (χ2v) is 6.55. The fourth-order valence-corrected chi connectivity index (χ4v) is 3.94. The Hall–Kier alpha value is -1.32. The number of hydrogen-bond acceptors (Lipinski definition) is 2. The largest absolute Gasteiger partial charge is 0.357 e. The summed E-state index contributed by atoms with van der Waals surface area (Å²) < 4.78 is 0. The minimum absolute atomic E-state index is 0.375. The molecule has 0 amide bonds. The van der Waals surface area contributed by atoms with Crippen LogP contribution in [0.15, 0.2) is 24.3 Å². The number of rotatable bonds is 1. The molecule has 2 aromatic rings. The summed E-state index contributed by atoms with van der Waals surface area (Å²) in [4.78, 5) is 6.34. The van der Waals surface area contributed by atoms with E-state index in [9.17, 15) is 0 Å². The average Bonchev–Trinajstić information content (AvgIpc) is 2.85. The maximum atomic E-state index is 3.65. The first kappa shape index (κ1) is 12.4. The van der Waals surface area contributed by atoms with Gasteiger partial charge < -0.3 is 10.3 Å². The third-order valence-corrected chi connectivity index (χ3v) is 5.33. The smallest absolute Gasteiger partial charge is 0.0459 e. The Kier molecular flexibility index (Phi) is 2.86. The molecule has 0 aliphatic carbocycles. The van der Waals surface area contributed by atoms with Crippen molar-refractivity contribution in [3.8, 4) is 0 Å². The standard InChI is InChI=1S/C17H23N3/c1-17(7-9-18-10-8-17)20-11-6-14-13-4-2-3-5-15(13)19-16(14)12-20/h2-5,18-19H,6-12H2,1H3. The van der Waals surface area contributed by atoms with Gasteiger partial charge in [-0.3, -0.25) is 4.90 Å². The van der Waals surface area contributed by atoms with E-state index in [2.05, 4.69) is 46.4 Å². The third-order valence-electron chi connectivity index (χ3n) is 5.33. The van der Waals surface area contributed by atoms with Gasteiger partial charge in [0.15, 0.2) is 0 Å². The SMILES string of the molecule is CC1(N2CCc3c([nH]c4ccccc34)C2)CCNCC1. The number of benzene rings is 1. The number of para-hydroxylation sites is 1. The van der Waals surface area contributed by atoms with Crippen molar-refractivity contribution in [2.24, 2.45) is 0 Å². The molecule has 0 saturated carbocycles. The molecule has 2 N–H and O–H groups in total. The second kappa shape index (κ2) is 4.61. The first-order valence-electron chi connectivity index (χ1n) is 7.80. The number of aromatic amines is 1. The van der Waals surface area contributed by atoms with Gasteiger partial charge in [-0.05, 0) is 50.9 Å². The van der Waals surface area contributed by atoms with Crippen LogP contribution in [0.25, 0.3) is 10.9 Å². The van der Waals surface area contributed by atoms with Gasteiger partial charge in [0.2, 0.25) is 0 Å². The molecule has 106 valence electrons. The fraction of sp³-hybridized carbons (Fsp3) is 0.529. The zero-order valence-electron chi connectivity index (χ0n) is 12.2. The van der Waals surface area contributed by atoms with Gasteiger partial charge >= 0.3 is 0 Å². The van der Waals surface area contributed by atoms with Crippen LogP contribution in [0.3, 0.4) is 0 Å². The Bertz CT molecular complexity index is 622. The highest BCUT2D eigenvalue weighted by Gasteiger charge is 2.35. The van der Waals surface area contributed by atoms with Gasteiger partial charge in [0.1, 0.15) is 0 Å². The molecule has 3 heterocycles. The Balaban J connectivity index is 1.66. The molecule has 2 aliphatic heterocycles. The lowest BCUT2D eigenvalue weighted by molar-refractivity contribution is 0.0585. The molecular weight excluding hydrogens is 246 g/mol. The van der Waals surface area contributed by atoms with Crippen LogP contribution in [0.4, 0.5) is 0 Å². The average molecular weight is 269 g/mol. The molecular formula is C17H23N3. The summed E-state index contributed by atoms with van der Waals surface area (Å²) in [5.41, 5.74) is 4.67. The van der Waals surface area contributed by atoms with Crippen LogP contribution in [0.5, 0.6) is 0 Å². The predicted octanol–water partition coefficient (Wildman–Crippen LogP) is 2.67. The van der Waals surface area contributed by atoms with Crippen molar-refractivity contribution < 1.29 is 0 Å². The quantitative estimate of drug-likeness (QED) is 0.834. The molecule has 0 bridgehead atoms. The zero-order valence-corrected chi connectivity index (χ0v) is 12.2. The van der Waals surface area contributed by atoms with Crippen LogP contribution in [0, 0.1) is 0 Å². The summed E-state index contributed by atoms with van der Waals surface area (Å²) in [5.74, 6) is 0. The monoisotopic (exact) mass is 269 g/mol. The molecule has 1 aromatic carbocycles. The molecule has 0 atom stereocenters. The van der Waals surface area contributed by atoms with Gasteiger partial charge in [-0.25, -0.2) is 0 Å². The van der Waals surface area contributed by atoms with Crippen LogP contribution < -0.4 is 5.32 Å². The highest BCUT2D eigenvalue weighted by Crippen LogP contribution is 2.33. The molecule has 20 heavy (non-hydrogen) atoms. The van der Waals surface area contributed by atoms with E-state index in [0.717, 1.165) is 19.6 Å². The van der Waals surface area contributed by atoms with E-state index >= 15 is 0 Å². The highest BCUT2D eigenvalue weighted by molar-refractivity contribution is 5.84. The summed E-state index contributed by atoms with van der Waals surface area (Å²) in [5, 5.41) is 4.91. The van der Waals surface area contributed by atoms with Gasteiger partial charge in [0.25, 0.3) is 0 Å². The van der Waals surface area contributed by atoms with Gasteiger partial charge in [-0.1, -0.05) is 18.2 Å². The number of fused-ring (bicyclic) bond motifs is 3. The molecule has 0 spiro atoms. The zero-order chi connectivity index (χ0) is 13.6. The second-order valence-electron chi connectivity index (χ2n) is 6.55. The predicted molar refractivity (Wildman–Crippen MR) is 82.9 cm³/mol. The lowest BCUT2D eigenvalue weighted by Gasteiger charge is -2.45. The van der Waals surface area contributed by atoms with Crippen LogP contribution in [0.1, 0.15) is 31.0 Å². The normalized spacial score (nSPS) is 22.9. The number of H-pyrrole nitrogens is 1.